The van der Waals surface area contributed by atoms with E-state index in [1.54, 1.807) is 0 Å². The molecule has 0 saturated heterocycles. The summed E-state index contributed by atoms with van der Waals surface area (Å²) in [5.74, 6) is -2.33. The third-order valence-corrected chi connectivity index (χ3v) is 5.64. The van der Waals surface area contributed by atoms with E-state index in [1.807, 2.05) is 0 Å². The first-order valence-corrected chi connectivity index (χ1v) is 12.0. The Hall–Kier alpha value is -3.55. The highest BCUT2D eigenvalue weighted by atomic mass is 35.5. The molecule has 0 radical (unpaired) electrons. The van der Waals surface area contributed by atoms with Gasteiger partial charge in [-0.1, -0.05) is 29.3 Å². The van der Waals surface area contributed by atoms with Crippen molar-refractivity contribution in [3.8, 4) is 0 Å². The number of rotatable bonds is 7. The minimum Gasteiger partial charge on any atom is -0.365 e. The van der Waals surface area contributed by atoms with Crippen LogP contribution in [-0.4, -0.2) is 30.3 Å². The number of aliphatic imine (C=N–C) groups is 1. The molecule has 3 aromatic rings. The molecule has 0 aliphatic heterocycles. The number of nitrogens with two attached hydrogens (primary N) is 1. The van der Waals surface area contributed by atoms with Crippen LogP contribution in [0, 0.1) is 5.82 Å². The predicted octanol–water partition coefficient (Wildman–Crippen LogP) is 7.07. The Morgan fingerprint density at radius 3 is 2.12 bits per heavy atom. The molecular formula is C25H20Cl2F7N5O. The maximum absolute atomic E-state index is 13.9. The van der Waals surface area contributed by atoms with Crippen molar-refractivity contribution in [1.82, 2.24) is 5.32 Å². The molecule has 1 amide bonds. The molecule has 2 unspecified atom stereocenters. The maximum Gasteiger partial charge on any atom is 0.416 e. The predicted molar refractivity (Wildman–Crippen MR) is 139 cm³/mol. The number of nitrogens with one attached hydrogen (secondary N) is 3. The standard InChI is InChI=1S/C25H20Cl2F7N5O/c26-15-2-1-3-18(9-15)36-21(12-20(35)25(32,33)34)38-23(37-19-10-16(27)8-17(28)11-19)39-22(40)13-4-6-14(7-5-13)24(29,30)31/h1-11,20-21,36H,12,35H2,(H2,37,38,39,40). The summed E-state index contributed by atoms with van der Waals surface area (Å²) in [5.41, 5.74) is 4.29. The van der Waals surface area contributed by atoms with E-state index in [4.69, 9.17) is 28.9 Å². The molecule has 5 N–H and O–H groups in total. The zero-order valence-electron chi connectivity index (χ0n) is 20.0. The number of benzene rings is 3. The van der Waals surface area contributed by atoms with Crippen LogP contribution in [0.1, 0.15) is 22.3 Å². The van der Waals surface area contributed by atoms with Gasteiger partial charge in [-0.15, -0.1) is 0 Å². The van der Waals surface area contributed by atoms with Gasteiger partial charge in [-0.2, -0.15) is 31.3 Å². The highest BCUT2D eigenvalue weighted by Crippen LogP contribution is 2.29. The van der Waals surface area contributed by atoms with Gasteiger partial charge in [0.2, 0.25) is 5.96 Å². The Kier molecular flexibility index (Phi) is 9.87. The second kappa shape index (κ2) is 12.7. The van der Waals surface area contributed by atoms with Crippen molar-refractivity contribution in [2.45, 2.75) is 31.0 Å². The quantitative estimate of drug-likeness (QED) is 0.0995. The fourth-order valence-corrected chi connectivity index (χ4v) is 3.72. The Morgan fingerprint density at radius 1 is 0.900 bits per heavy atom. The second-order valence-corrected chi connectivity index (χ2v) is 9.23. The molecule has 2 atom stereocenters. The number of anilines is 2. The summed E-state index contributed by atoms with van der Waals surface area (Å²) in [6.45, 7) is 0. The van der Waals surface area contributed by atoms with Gasteiger partial charge in [0.15, 0.2) is 0 Å². The summed E-state index contributed by atoms with van der Waals surface area (Å²) in [7, 11) is 0. The van der Waals surface area contributed by atoms with Crippen molar-refractivity contribution in [1.29, 1.82) is 0 Å². The van der Waals surface area contributed by atoms with Crippen LogP contribution in [0.25, 0.3) is 0 Å². The largest absolute Gasteiger partial charge is 0.416 e. The van der Waals surface area contributed by atoms with Crippen LogP contribution in [0.4, 0.5) is 42.1 Å². The molecule has 0 bridgehead atoms. The van der Waals surface area contributed by atoms with E-state index in [0.717, 1.165) is 24.3 Å². The lowest BCUT2D eigenvalue weighted by Crippen LogP contribution is -2.50. The van der Waals surface area contributed by atoms with Crippen LogP contribution in [0.3, 0.4) is 0 Å². The molecule has 3 aromatic carbocycles. The van der Waals surface area contributed by atoms with Gasteiger partial charge in [-0.3, -0.25) is 4.79 Å². The van der Waals surface area contributed by atoms with E-state index in [9.17, 15) is 35.5 Å². The minimum atomic E-state index is -4.78. The first-order valence-electron chi connectivity index (χ1n) is 11.2. The molecule has 0 heterocycles. The number of halogens is 9. The third-order valence-electron chi connectivity index (χ3n) is 5.18. The molecule has 0 aliphatic carbocycles. The van der Waals surface area contributed by atoms with Crippen LogP contribution in [0.2, 0.25) is 10.0 Å². The maximum atomic E-state index is 13.9. The summed E-state index contributed by atoms with van der Waals surface area (Å²) in [4.78, 5) is 16.6. The first-order chi connectivity index (χ1) is 18.6. The third kappa shape index (κ3) is 9.28. The molecule has 0 fully saturated rings. The van der Waals surface area contributed by atoms with Crippen LogP contribution >= 0.6 is 23.2 Å². The van der Waals surface area contributed by atoms with E-state index in [-0.39, 0.29) is 27.0 Å². The zero-order chi connectivity index (χ0) is 29.7. The van der Waals surface area contributed by atoms with E-state index < -0.39 is 54.2 Å². The number of amides is 1. The fraction of sp³-hybridized carbons (Fsp3) is 0.200. The summed E-state index contributed by atoms with van der Waals surface area (Å²) in [6, 6.07) is 9.94. The average molecular weight is 610 g/mol. The van der Waals surface area contributed by atoms with Crippen molar-refractivity contribution >= 4 is 46.4 Å². The van der Waals surface area contributed by atoms with Gasteiger partial charge in [-0.05, 0) is 60.7 Å². The van der Waals surface area contributed by atoms with Crippen LogP contribution in [0.15, 0.2) is 71.7 Å². The van der Waals surface area contributed by atoms with Gasteiger partial charge in [0.25, 0.3) is 5.91 Å². The van der Waals surface area contributed by atoms with Crippen molar-refractivity contribution in [3.63, 3.8) is 0 Å². The monoisotopic (exact) mass is 609 g/mol. The number of carbonyl (C=O) groups is 1. The lowest BCUT2D eigenvalue weighted by atomic mass is 10.1. The smallest absolute Gasteiger partial charge is 0.365 e. The number of alkyl halides is 6. The normalized spacial score (nSPS) is 13.9. The van der Waals surface area contributed by atoms with Crippen molar-refractivity contribution in [2.24, 2.45) is 10.7 Å². The summed E-state index contributed by atoms with van der Waals surface area (Å²) in [6.07, 6.45) is -11.6. The van der Waals surface area contributed by atoms with Crippen molar-refractivity contribution < 1.29 is 35.5 Å². The lowest BCUT2D eigenvalue weighted by Gasteiger charge is -2.27. The Balaban J connectivity index is 1.98. The summed E-state index contributed by atoms with van der Waals surface area (Å²) < 4.78 is 92.5. The Bertz CT molecular complexity index is 1340. The van der Waals surface area contributed by atoms with Crippen molar-refractivity contribution in [2.75, 3.05) is 10.6 Å². The summed E-state index contributed by atoms with van der Waals surface area (Å²) >= 11 is 11.8. The second-order valence-electron chi connectivity index (χ2n) is 8.36. The molecule has 214 valence electrons. The number of carbonyl (C=O) groups excluding carboxylic acids is 1. The van der Waals surface area contributed by atoms with E-state index in [0.29, 0.717) is 12.1 Å². The molecular weight excluding hydrogens is 590 g/mol. The lowest BCUT2D eigenvalue weighted by molar-refractivity contribution is -0.149. The first kappa shape index (κ1) is 31.0. The van der Waals surface area contributed by atoms with Crippen LogP contribution < -0.4 is 21.7 Å². The molecule has 6 nitrogen and oxygen atoms in total. The minimum absolute atomic E-state index is 0.0434. The number of guanidine groups is 1. The van der Waals surface area contributed by atoms with Crippen LogP contribution in [-0.2, 0) is 6.18 Å². The van der Waals surface area contributed by atoms with E-state index in [2.05, 4.69) is 20.9 Å². The Labute approximate surface area is 233 Å². The van der Waals surface area contributed by atoms with Gasteiger partial charge < -0.3 is 21.7 Å². The molecule has 3 rings (SSSR count). The summed E-state index contributed by atoms with van der Waals surface area (Å²) in [5, 5.41) is 8.13. The molecule has 0 aliphatic rings. The van der Waals surface area contributed by atoms with Gasteiger partial charge in [0.05, 0.1) is 5.56 Å². The number of hydrogen-bond acceptors (Lipinski definition) is 3. The Morgan fingerprint density at radius 2 is 1.55 bits per heavy atom. The molecule has 40 heavy (non-hydrogen) atoms. The topological polar surface area (TPSA) is 91.5 Å². The fourth-order valence-electron chi connectivity index (χ4n) is 3.31. The van der Waals surface area contributed by atoms with E-state index >= 15 is 0 Å². The van der Waals surface area contributed by atoms with Crippen molar-refractivity contribution in [3.05, 3.63) is 93.7 Å². The van der Waals surface area contributed by atoms with E-state index in [1.165, 1.54) is 30.3 Å². The van der Waals surface area contributed by atoms with Gasteiger partial charge in [0, 0.05) is 33.4 Å². The zero-order valence-corrected chi connectivity index (χ0v) is 21.6. The van der Waals surface area contributed by atoms with Crippen LogP contribution in [0.5, 0.6) is 0 Å². The average Bonchev–Trinajstić information content (AvgIpc) is 2.82. The highest BCUT2D eigenvalue weighted by Gasteiger charge is 2.38. The molecule has 0 aromatic heterocycles. The number of hydrogen-bond donors (Lipinski definition) is 4. The molecule has 0 saturated carbocycles. The van der Waals surface area contributed by atoms with Gasteiger partial charge in [-0.25, -0.2) is 4.39 Å². The highest BCUT2D eigenvalue weighted by molar-refractivity contribution is 6.31. The molecule has 0 spiro atoms. The SMILES string of the molecule is NC(CC(N/C(=N\C(=O)c1ccc(C(F)(F)F)cc1)Nc1cc(F)cc(Cl)c1)Nc1cccc(Cl)c1)C(F)(F)F. The van der Waals surface area contributed by atoms with Gasteiger partial charge in [0.1, 0.15) is 18.0 Å². The molecule has 15 heteroatoms. The van der Waals surface area contributed by atoms with Gasteiger partial charge >= 0.3 is 12.4 Å². The number of nitrogens with zero attached hydrogens (tertiary/aromatic N) is 1.